The molecule has 16 heavy (non-hydrogen) atoms. The predicted octanol–water partition coefficient (Wildman–Crippen LogP) is 3.74. The average molecular weight is 217 g/mol. The molecule has 2 nitrogen and oxygen atoms in total. The summed E-state index contributed by atoms with van der Waals surface area (Å²) in [6.07, 6.45) is 3.01. The van der Waals surface area contributed by atoms with E-state index in [4.69, 9.17) is 4.42 Å². The molecule has 2 rings (SSSR count). The molecule has 0 bridgehead atoms. The lowest BCUT2D eigenvalue weighted by atomic mass is 9.97. The second kappa shape index (κ2) is 4.71. The number of furan rings is 1. The molecule has 0 spiro atoms. The van der Waals surface area contributed by atoms with Crippen molar-refractivity contribution in [3.05, 3.63) is 36.1 Å². The zero-order valence-corrected chi connectivity index (χ0v) is 10.2. The van der Waals surface area contributed by atoms with Crippen molar-refractivity contribution >= 4 is 11.0 Å². The molecule has 1 unspecified atom stereocenters. The van der Waals surface area contributed by atoms with E-state index in [2.05, 4.69) is 31.3 Å². The maximum atomic E-state index is 5.57. The minimum Gasteiger partial charge on any atom is -0.464 e. The van der Waals surface area contributed by atoms with Crippen LogP contribution in [0.2, 0.25) is 0 Å². The zero-order valence-electron chi connectivity index (χ0n) is 10.2. The summed E-state index contributed by atoms with van der Waals surface area (Å²) in [6, 6.07) is 8.58. The first-order valence-electron chi connectivity index (χ1n) is 5.85. The van der Waals surface area contributed by atoms with Gasteiger partial charge in [-0.05, 0) is 25.5 Å². The van der Waals surface area contributed by atoms with Gasteiger partial charge in [-0.15, -0.1) is 0 Å². The Kier molecular flexibility index (Phi) is 3.30. The summed E-state index contributed by atoms with van der Waals surface area (Å²) >= 11 is 0. The van der Waals surface area contributed by atoms with E-state index in [9.17, 15) is 0 Å². The van der Waals surface area contributed by atoms with Gasteiger partial charge in [0.2, 0.25) is 0 Å². The van der Waals surface area contributed by atoms with Gasteiger partial charge in [-0.2, -0.15) is 0 Å². The molecule has 0 aliphatic rings. The van der Waals surface area contributed by atoms with Crippen LogP contribution < -0.4 is 5.32 Å². The smallest absolute Gasteiger partial charge is 0.134 e. The van der Waals surface area contributed by atoms with Crippen molar-refractivity contribution in [2.75, 3.05) is 7.05 Å². The summed E-state index contributed by atoms with van der Waals surface area (Å²) < 4.78 is 5.57. The maximum Gasteiger partial charge on any atom is 0.134 e. The van der Waals surface area contributed by atoms with Crippen LogP contribution in [0.5, 0.6) is 0 Å². The van der Waals surface area contributed by atoms with Gasteiger partial charge in [-0.1, -0.05) is 32.0 Å². The normalized spacial score (nSPS) is 13.5. The van der Waals surface area contributed by atoms with Crippen LogP contribution in [0.15, 0.2) is 34.9 Å². The van der Waals surface area contributed by atoms with Crippen molar-refractivity contribution in [1.29, 1.82) is 0 Å². The Bertz CT molecular complexity index is 458. The fourth-order valence-corrected chi connectivity index (χ4v) is 2.14. The summed E-state index contributed by atoms with van der Waals surface area (Å²) in [5, 5.41) is 4.59. The standard InChI is InChI=1S/C14H19NO/c1-10(2)8-13(15-3)12-9-16-14-7-5-4-6-11(12)14/h4-7,9-10,13,15H,8H2,1-3H3. The largest absolute Gasteiger partial charge is 0.464 e. The SMILES string of the molecule is CNC(CC(C)C)c1coc2ccccc12. The number of hydrogen-bond acceptors (Lipinski definition) is 2. The lowest BCUT2D eigenvalue weighted by Gasteiger charge is -2.17. The highest BCUT2D eigenvalue weighted by atomic mass is 16.3. The maximum absolute atomic E-state index is 5.57. The average Bonchev–Trinajstić information content (AvgIpc) is 2.69. The van der Waals surface area contributed by atoms with E-state index in [-0.39, 0.29) is 0 Å². The molecule has 1 aromatic carbocycles. The number of hydrogen-bond donors (Lipinski definition) is 1. The molecular formula is C14H19NO. The van der Waals surface area contributed by atoms with Crippen molar-refractivity contribution in [2.24, 2.45) is 5.92 Å². The monoisotopic (exact) mass is 217 g/mol. The van der Waals surface area contributed by atoms with E-state index in [1.807, 2.05) is 25.4 Å². The van der Waals surface area contributed by atoms with Crippen LogP contribution in [0.4, 0.5) is 0 Å². The molecule has 2 aromatic rings. The Morgan fingerprint density at radius 1 is 1.25 bits per heavy atom. The summed E-state index contributed by atoms with van der Waals surface area (Å²) in [5.41, 5.74) is 2.24. The Morgan fingerprint density at radius 2 is 2.00 bits per heavy atom. The number of rotatable bonds is 4. The molecule has 0 saturated heterocycles. The molecule has 1 aromatic heterocycles. The van der Waals surface area contributed by atoms with Gasteiger partial charge in [0.1, 0.15) is 5.58 Å². The minimum atomic E-state index is 0.378. The molecule has 1 heterocycles. The lowest BCUT2D eigenvalue weighted by molar-refractivity contribution is 0.453. The first-order chi connectivity index (χ1) is 7.72. The number of nitrogens with one attached hydrogen (secondary N) is 1. The van der Waals surface area contributed by atoms with Gasteiger partial charge in [0.15, 0.2) is 0 Å². The van der Waals surface area contributed by atoms with Gasteiger partial charge in [0.05, 0.1) is 6.26 Å². The van der Waals surface area contributed by atoms with Crippen molar-refractivity contribution in [1.82, 2.24) is 5.32 Å². The van der Waals surface area contributed by atoms with Crippen LogP contribution in [-0.2, 0) is 0 Å². The third-order valence-corrected chi connectivity index (χ3v) is 2.94. The Morgan fingerprint density at radius 3 is 2.69 bits per heavy atom. The van der Waals surface area contributed by atoms with Crippen LogP contribution in [-0.4, -0.2) is 7.05 Å². The summed E-state index contributed by atoms with van der Waals surface area (Å²) in [6.45, 7) is 4.49. The zero-order chi connectivity index (χ0) is 11.5. The molecule has 0 aliphatic carbocycles. The molecule has 0 aliphatic heterocycles. The molecule has 0 saturated carbocycles. The van der Waals surface area contributed by atoms with E-state index >= 15 is 0 Å². The fourth-order valence-electron chi connectivity index (χ4n) is 2.14. The van der Waals surface area contributed by atoms with Gasteiger partial charge in [-0.25, -0.2) is 0 Å². The van der Waals surface area contributed by atoms with Gasteiger partial charge < -0.3 is 9.73 Å². The first kappa shape index (κ1) is 11.2. The Labute approximate surface area is 96.6 Å². The summed E-state index contributed by atoms with van der Waals surface area (Å²) in [7, 11) is 2.01. The second-order valence-corrected chi connectivity index (χ2v) is 4.66. The highest BCUT2D eigenvalue weighted by Gasteiger charge is 2.16. The molecule has 1 N–H and O–H groups in total. The quantitative estimate of drug-likeness (QED) is 0.844. The fraction of sp³-hybridized carbons (Fsp3) is 0.429. The third-order valence-electron chi connectivity index (χ3n) is 2.94. The molecule has 2 heteroatoms. The van der Waals surface area contributed by atoms with Crippen molar-refractivity contribution in [2.45, 2.75) is 26.3 Å². The third kappa shape index (κ3) is 2.12. The van der Waals surface area contributed by atoms with E-state index in [0.717, 1.165) is 12.0 Å². The van der Waals surface area contributed by atoms with Gasteiger partial charge >= 0.3 is 0 Å². The minimum absolute atomic E-state index is 0.378. The van der Waals surface area contributed by atoms with E-state index in [0.29, 0.717) is 12.0 Å². The molecule has 0 fully saturated rings. The van der Waals surface area contributed by atoms with Gasteiger partial charge in [0.25, 0.3) is 0 Å². The highest BCUT2D eigenvalue weighted by Crippen LogP contribution is 2.29. The number of benzene rings is 1. The van der Waals surface area contributed by atoms with Crippen LogP contribution in [0.1, 0.15) is 31.9 Å². The van der Waals surface area contributed by atoms with Gasteiger partial charge in [-0.3, -0.25) is 0 Å². The van der Waals surface area contributed by atoms with Crippen molar-refractivity contribution in [3.8, 4) is 0 Å². The van der Waals surface area contributed by atoms with Crippen LogP contribution in [0.25, 0.3) is 11.0 Å². The summed E-state index contributed by atoms with van der Waals surface area (Å²) in [4.78, 5) is 0. The first-order valence-corrected chi connectivity index (χ1v) is 5.85. The van der Waals surface area contributed by atoms with Crippen LogP contribution >= 0.6 is 0 Å². The number of para-hydroxylation sites is 1. The van der Waals surface area contributed by atoms with Crippen LogP contribution in [0, 0.1) is 5.92 Å². The highest BCUT2D eigenvalue weighted by molar-refractivity contribution is 5.81. The second-order valence-electron chi connectivity index (χ2n) is 4.66. The molecule has 1 atom stereocenters. The van der Waals surface area contributed by atoms with Crippen molar-refractivity contribution < 1.29 is 4.42 Å². The lowest BCUT2D eigenvalue weighted by Crippen LogP contribution is -2.17. The van der Waals surface area contributed by atoms with Gasteiger partial charge in [0, 0.05) is 17.0 Å². The molecule has 0 radical (unpaired) electrons. The van der Waals surface area contributed by atoms with Crippen LogP contribution in [0.3, 0.4) is 0 Å². The van der Waals surface area contributed by atoms with E-state index in [1.54, 1.807) is 0 Å². The van der Waals surface area contributed by atoms with Crippen molar-refractivity contribution in [3.63, 3.8) is 0 Å². The predicted molar refractivity (Wildman–Crippen MR) is 67.5 cm³/mol. The Hall–Kier alpha value is -1.28. The topological polar surface area (TPSA) is 25.2 Å². The molecule has 86 valence electrons. The Balaban J connectivity index is 2.37. The van der Waals surface area contributed by atoms with E-state index < -0.39 is 0 Å². The number of fused-ring (bicyclic) bond motifs is 1. The molecular weight excluding hydrogens is 198 g/mol. The van der Waals surface area contributed by atoms with E-state index in [1.165, 1.54) is 10.9 Å². The summed E-state index contributed by atoms with van der Waals surface area (Å²) in [5.74, 6) is 0.672. The molecule has 0 amide bonds.